The molecular weight excluding hydrogens is 466 g/mol. The number of nitrogens with zero attached hydrogens (tertiary/aromatic N) is 4. The predicted molar refractivity (Wildman–Crippen MR) is 138 cm³/mol. The fraction of sp³-hybridized carbons (Fsp3) is 0.385. The maximum absolute atomic E-state index is 13.5. The van der Waals surface area contributed by atoms with Crippen LogP contribution in [0.1, 0.15) is 36.7 Å². The molecule has 0 bridgehead atoms. The first-order valence-corrected chi connectivity index (χ1v) is 12.4. The second kappa shape index (κ2) is 11.5. The van der Waals surface area contributed by atoms with Crippen molar-refractivity contribution in [3.8, 4) is 0 Å². The molecule has 4 rings (SSSR count). The van der Waals surface area contributed by atoms with Gasteiger partial charge in [-0.1, -0.05) is 61.7 Å². The number of benzene rings is 2. The molecule has 1 aromatic heterocycles. The van der Waals surface area contributed by atoms with Crippen molar-refractivity contribution in [3.05, 3.63) is 69.6 Å². The van der Waals surface area contributed by atoms with E-state index in [4.69, 9.17) is 11.6 Å². The molecule has 35 heavy (non-hydrogen) atoms. The number of unbranched alkanes of at least 4 members (excludes halogenated alkanes) is 2. The van der Waals surface area contributed by atoms with Crippen LogP contribution in [0.25, 0.3) is 10.8 Å². The van der Waals surface area contributed by atoms with Crippen LogP contribution in [0, 0.1) is 0 Å². The van der Waals surface area contributed by atoms with Crippen molar-refractivity contribution in [2.45, 2.75) is 32.7 Å². The number of aryl methyl sites for hydroxylation is 1. The molecule has 1 aliphatic rings. The standard InChI is InChI=1S/C26H30ClN5O3/c1-2-3-8-13-32-25(34)20-10-5-4-9-19(20)24(29-32)26(35)31-16-14-30(15-17-31)18-23(33)28-22-12-7-6-11-21(22)27/h4-7,9-12H,2-3,8,13-18H2,1H3,(H,28,33). The van der Waals surface area contributed by atoms with Crippen LogP contribution in [0.15, 0.2) is 53.3 Å². The minimum Gasteiger partial charge on any atom is -0.335 e. The molecular formula is C26H30ClN5O3. The highest BCUT2D eigenvalue weighted by Gasteiger charge is 2.26. The zero-order valence-electron chi connectivity index (χ0n) is 19.9. The second-order valence-corrected chi connectivity index (χ2v) is 9.13. The first-order valence-electron chi connectivity index (χ1n) is 12.0. The Morgan fingerprint density at radius 1 is 0.971 bits per heavy atom. The van der Waals surface area contributed by atoms with E-state index in [0.29, 0.717) is 59.9 Å². The molecule has 1 fully saturated rings. The van der Waals surface area contributed by atoms with Crippen molar-refractivity contribution < 1.29 is 9.59 Å². The van der Waals surface area contributed by atoms with E-state index in [0.717, 1.165) is 19.3 Å². The Bertz CT molecular complexity index is 1270. The third-order valence-corrected chi connectivity index (χ3v) is 6.55. The summed E-state index contributed by atoms with van der Waals surface area (Å²) in [6, 6.07) is 14.3. The number of amides is 2. The summed E-state index contributed by atoms with van der Waals surface area (Å²) in [6.45, 7) is 4.90. The molecule has 0 aliphatic carbocycles. The van der Waals surface area contributed by atoms with Gasteiger partial charge in [-0.15, -0.1) is 0 Å². The fourth-order valence-corrected chi connectivity index (χ4v) is 4.45. The first kappa shape index (κ1) is 24.9. The molecule has 0 atom stereocenters. The molecule has 8 nitrogen and oxygen atoms in total. The molecule has 0 saturated carbocycles. The second-order valence-electron chi connectivity index (χ2n) is 8.73. The first-order chi connectivity index (χ1) is 17.0. The average molecular weight is 496 g/mol. The quantitative estimate of drug-likeness (QED) is 0.482. The molecule has 2 amide bonds. The van der Waals surface area contributed by atoms with Gasteiger partial charge in [0.1, 0.15) is 0 Å². The van der Waals surface area contributed by atoms with E-state index < -0.39 is 0 Å². The summed E-state index contributed by atoms with van der Waals surface area (Å²) in [5.74, 6) is -0.338. The summed E-state index contributed by atoms with van der Waals surface area (Å²) in [5, 5.41) is 8.91. The van der Waals surface area contributed by atoms with Gasteiger partial charge in [0.05, 0.1) is 22.6 Å². The summed E-state index contributed by atoms with van der Waals surface area (Å²) in [5.41, 5.74) is 0.726. The number of hydrogen-bond donors (Lipinski definition) is 1. The number of para-hydroxylation sites is 1. The molecule has 0 unspecified atom stereocenters. The van der Waals surface area contributed by atoms with Crippen molar-refractivity contribution in [1.82, 2.24) is 19.6 Å². The summed E-state index contributed by atoms with van der Waals surface area (Å²) in [7, 11) is 0. The molecule has 2 aromatic carbocycles. The lowest BCUT2D eigenvalue weighted by Gasteiger charge is -2.34. The molecule has 0 radical (unpaired) electrons. The number of nitrogens with one attached hydrogen (secondary N) is 1. The van der Waals surface area contributed by atoms with Crippen molar-refractivity contribution >= 4 is 39.9 Å². The highest BCUT2D eigenvalue weighted by molar-refractivity contribution is 6.33. The van der Waals surface area contributed by atoms with Gasteiger partial charge >= 0.3 is 0 Å². The summed E-state index contributed by atoms with van der Waals surface area (Å²) < 4.78 is 1.43. The number of anilines is 1. The Labute approximate surface area is 209 Å². The minimum absolute atomic E-state index is 0.148. The van der Waals surface area contributed by atoms with Crippen LogP contribution in [0.2, 0.25) is 5.02 Å². The Morgan fingerprint density at radius 3 is 2.37 bits per heavy atom. The smallest absolute Gasteiger partial charge is 0.275 e. The van der Waals surface area contributed by atoms with E-state index in [2.05, 4.69) is 17.3 Å². The molecule has 3 aromatic rings. The highest BCUT2D eigenvalue weighted by atomic mass is 35.5. The van der Waals surface area contributed by atoms with E-state index >= 15 is 0 Å². The zero-order valence-corrected chi connectivity index (χ0v) is 20.6. The number of carbonyl (C=O) groups excluding carboxylic acids is 2. The lowest BCUT2D eigenvalue weighted by molar-refractivity contribution is -0.117. The number of hydrogen-bond acceptors (Lipinski definition) is 5. The zero-order chi connectivity index (χ0) is 24.8. The lowest BCUT2D eigenvalue weighted by atomic mass is 10.1. The van der Waals surface area contributed by atoms with Crippen molar-refractivity contribution in [1.29, 1.82) is 0 Å². The molecule has 2 heterocycles. The van der Waals surface area contributed by atoms with Crippen LogP contribution in [0.3, 0.4) is 0 Å². The summed E-state index contributed by atoms with van der Waals surface area (Å²) >= 11 is 6.12. The summed E-state index contributed by atoms with van der Waals surface area (Å²) in [4.78, 5) is 42.6. The minimum atomic E-state index is -0.189. The maximum atomic E-state index is 13.5. The Morgan fingerprint density at radius 2 is 1.66 bits per heavy atom. The Balaban J connectivity index is 1.43. The topological polar surface area (TPSA) is 87.5 Å². The highest BCUT2D eigenvalue weighted by Crippen LogP contribution is 2.20. The van der Waals surface area contributed by atoms with Gasteiger partial charge in [-0.3, -0.25) is 19.3 Å². The normalized spacial score (nSPS) is 14.3. The van der Waals surface area contributed by atoms with Crippen molar-refractivity contribution in [2.24, 2.45) is 0 Å². The van der Waals surface area contributed by atoms with E-state index in [1.807, 2.05) is 23.1 Å². The van der Waals surface area contributed by atoms with Gasteiger partial charge in [0, 0.05) is 38.1 Å². The Hall–Kier alpha value is -3.23. The molecule has 1 aliphatic heterocycles. The number of fused-ring (bicyclic) bond motifs is 1. The number of piperazine rings is 1. The third kappa shape index (κ3) is 5.89. The third-order valence-electron chi connectivity index (χ3n) is 6.22. The van der Waals surface area contributed by atoms with Gasteiger partial charge in [-0.25, -0.2) is 4.68 Å². The molecule has 1 N–H and O–H groups in total. The predicted octanol–water partition coefficient (Wildman–Crippen LogP) is 3.64. The van der Waals surface area contributed by atoms with Crippen molar-refractivity contribution in [2.75, 3.05) is 38.0 Å². The summed E-state index contributed by atoms with van der Waals surface area (Å²) in [6.07, 6.45) is 2.87. The van der Waals surface area contributed by atoms with Gasteiger partial charge in [0.25, 0.3) is 11.5 Å². The van der Waals surface area contributed by atoms with Gasteiger partial charge in [0.2, 0.25) is 5.91 Å². The Kier molecular flexibility index (Phi) is 8.15. The van der Waals surface area contributed by atoms with Gasteiger partial charge in [-0.05, 0) is 24.6 Å². The van der Waals surface area contributed by atoms with Gasteiger partial charge in [0.15, 0.2) is 5.69 Å². The molecule has 0 spiro atoms. The number of aromatic nitrogens is 2. The van der Waals surface area contributed by atoms with E-state index in [-0.39, 0.29) is 23.9 Å². The van der Waals surface area contributed by atoms with Crippen LogP contribution in [-0.4, -0.2) is 64.1 Å². The van der Waals surface area contributed by atoms with E-state index in [1.165, 1.54) is 4.68 Å². The molecule has 184 valence electrons. The fourth-order valence-electron chi connectivity index (χ4n) is 4.27. The largest absolute Gasteiger partial charge is 0.335 e. The van der Waals surface area contributed by atoms with E-state index in [9.17, 15) is 14.4 Å². The van der Waals surface area contributed by atoms with Crippen LogP contribution < -0.4 is 10.9 Å². The maximum Gasteiger partial charge on any atom is 0.275 e. The number of rotatable bonds is 8. The van der Waals surface area contributed by atoms with E-state index in [1.54, 1.807) is 35.2 Å². The lowest BCUT2D eigenvalue weighted by Crippen LogP contribution is -2.50. The van der Waals surface area contributed by atoms with Gasteiger partial charge < -0.3 is 10.2 Å². The monoisotopic (exact) mass is 495 g/mol. The number of halogens is 1. The SMILES string of the molecule is CCCCCn1nc(C(=O)N2CCN(CC(=O)Nc3ccccc3Cl)CC2)c2ccccc2c1=O. The van der Waals surface area contributed by atoms with Crippen molar-refractivity contribution in [3.63, 3.8) is 0 Å². The number of carbonyl (C=O) groups is 2. The van der Waals surface area contributed by atoms with Crippen LogP contribution in [0.5, 0.6) is 0 Å². The van der Waals surface area contributed by atoms with Crippen LogP contribution in [0.4, 0.5) is 5.69 Å². The molecule has 9 heteroatoms. The van der Waals surface area contributed by atoms with Gasteiger partial charge in [-0.2, -0.15) is 5.10 Å². The van der Waals surface area contributed by atoms with Crippen LogP contribution in [-0.2, 0) is 11.3 Å². The average Bonchev–Trinajstić information content (AvgIpc) is 2.87. The van der Waals surface area contributed by atoms with Crippen LogP contribution >= 0.6 is 11.6 Å². The molecule has 1 saturated heterocycles.